The van der Waals surface area contributed by atoms with E-state index in [2.05, 4.69) is 16.4 Å². The minimum Gasteiger partial charge on any atom is -0.481 e. The number of anilines is 1. The molecule has 0 atom stereocenters. The molecule has 1 aromatic heterocycles. The Hall–Kier alpha value is -1.76. The summed E-state index contributed by atoms with van der Waals surface area (Å²) in [5.41, 5.74) is 0.979. The van der Waals surface area contributed by atoms with Gasteiger partial charge in [0.2, 0.25) is 5.88 Å². The van der Waals surface area contributed by atoms with Gasteiger partial charge in [-0.2, -0.15) is 5.26 Å². The molecule has 4 heteroatoms. The zero-order chi connectivity index (χ0) is 10.9. The average molecular weight is 205 g/mol. The zero-order valence-corrected chi connectivity index (χ0v) is 8.86. The highest BCUT2D eigenvalue weighted by Crippen LogP contribution is 2.10. The quantitative estimate of drug-likeness (QED) is 0.723. The predicted molar refractivity (Wildman–Crippen MR) is 58.7 cm³/mol. The second kappa shape index (κ2) is 6.66. The third-order valence-corrected chi connectivity index (χ3v) is 1.99. The molecule has 4 nitrogen and oxygen atoms in total. The molecule has 80 valence electrons. The molecule has 0 amide bonds. The number of aromatic nitrogens is 1. The van der Waals surface area contributed by atoms with Crippen molar-refractivity contribution < 1.29 is 4.74 Å². The van der Waals surface area contributed by atoms with Crippen LogP contribution in [0.15, 0.2) is 18.3 Å². The predicted octanol–water partition coefficient (Wildman–Crippen LogP) is 2.20. The molecule has 0 aliphatic rings. The van der Waals surface area contributed by atoms with Crippen molar-refractivity contribution in [2.24, 2.45) is 0 Å². The zero-order valence-electron chi connectivity index (χ0n) is 8.86. The van der Waals surface area contributed by atoms with Crippen molar-refractivity contribution in [1.82, 2.24) is 4.98 Å². The minimum atomic E-state index is 0.616. The molecule has 15 heavy (non-hydrogen) atoms. The number of hydrogen-bond donors (Lipinski definition) is 1. The van der Waals surface area contributed by atoms with Crippen molar-refractivity contribution >= 4 is 5.69 Å². The molecule has 1 aromatic rings. The summed E-state index contributed by atoms with van der Waals surface area (Å²) in [6.45, 7) is 0.871. The molecule has 0 aliphatic carbocycles. The smallest absolute Gasteiger partial charge is 0.213 e. The van der Waals surface area contributed by atoms with Crippen LogP contribution in [0.25, 0.3) is 0 Å². The molecule has 0 fully saturated rings. The summed E-state index contributed by atoms with van der Waals surface area (Å²) in [7, 11) is 1.59. The fourth-order valence-corrected chi connectivity index (χ4v) is 1.17. The van der Waals surface area contributed by atoms with Crippen LogP contribution in [0.3, 0.4) is 0 Å². The molecule has 0 saturated carbocycles. The van der Waals surface area contributed by atoms with E-state index in [4.69, 9.17) is 10.00 Å². The number of methoxy groups -OCH3 is 1. The lowest BCUT2D eigenvalue weighted by molar-refractivity contribution is 0.398. The number of pyridine rings is 1. The number of unbranched alkanes of at least 4 members (excludes halogenated alkanes) is 2. The lowest BCUT2D eigenvalue weighted by Crippen LogP contribution is -2.01. The normalized spacial score (nSPS) is 9.33. The maximum atomic E-state index is 8.35. The van der Waals surface area contributed by atoms with Crippen LogP contribution in [0.4, 0.5) is 5.69 Å². The van der Waals surface area contributed by atoms with E-state index < -0.39 is 0 Å². The summed E-state index contributed by atoms with van der Waals surface area (Å²) in [6.07, 6.45) is 4.30. The molecule has 0 aromatic carbocycles. The van der Waals surface area contributed by atoms with E-state index in [9.17, 15) is 0 Å². The van der Waals surface area contributed by atoms with Crippen molar-refractivity contribution in [2.45, 2.75) is 19.3 Å². The fourth-order valence-electron chi connectivity index (χ4n) is 1.17. The Kier molecular flexibility index (Phi) is 5.02. The first-order chi connectivity index (χ1) is 7.36. The highest BCUT2D eigenvalue weighted by atomic mass is 16.5. The summed E-state index contributed by atoms with van der Waals surface area (Å²) < 4.78 is 4.95. The molecule has 0 saturated heterocycles. The second-order valence-corrected chi connectivity index (χ2v) is 3.13. The highest BCUT2D eigenvalue weighted by Gasteiger charge is 1.94. The van der Waals surface area contributed by atoms with Crippen molar-refractivity contribution in [3.05, 3.63) is 18.3 Å². The maximum Gasteiger partial charge on any atom is 0.213 e. The van der Waals surface area contributed by atoms with E-state index in [1.165, 1.54) is 0 Å². The van der Waals surface area contributed by atoms with Gasteiger partial charge in [-0.25, -0.2) is 4.98 Å². The number of hydrogen-bond acceptors (Lipinski definition) is 4. The Balaban J connectivity index is 2.23. The van der Waals surface area contributed by atoms with Gasteiger partial charge in [0.1, 0.15) is 0 Å². The van der Waals surface area contributed by atoms with Crippen molar-refractivity contribution in [1.29, 1.82) is 5.26 Å². The van der Waals surface area contributed by atoms with Gasteiger partial charge >= 0.3 is 0 Å². The third-order valence-electron chi connectivity index (χ3n) is 1.99. The van der Waals surface area contributed by atoms with Gasteiger partial charge < -0.3 is 10.1 Å². The van der Waals surface area contributed by atoms with E-state index >= 15 is 0 Å². The SMILES string of the molecule is COc1ccc(NCCCCC#N)cn1. The van der Waals surface area contributed by atoms with E-state index in [1.54, 1.807) is 13.3 Å². The van der Waals surface area contributed by atoms with Gasteiger partial charge in [0.25, 0.3) is 0 Å². The molecule has 0 bridgehead atoms. The topological polar surface area (TPSA) is 57.9 Å². The molecule has 0 unspecified atom stereocenters. The molecule has 0 radical (unpaired) electrons. The Morgan fingerprint density at radius 2 is 2.33 bits per heavy atom. The monoisotopic (exact) mass is 205 g/mol. The van der Waals surface area contributed by atoms with E-state index in [0.717, 1.165) is 25.1 Å². The summed E-state index contributed by atoms with van der Waals surface area (Å²) in [5.74, 6) is 0.616. The molecule has 1 rings (SSSR count). The van der Waals surface area contributed by atoms with Gasteiger partial charge in [0.15, 0.2) is 0 Å². The molecule has 1 N–H and O–H groups in total. The largest absolute Gasteiger partial charge is 0.481 e. The third kappa shape index (κ3) is 4.32. The van der Waals surface area contributed by atoms with Crippen LogP contribution in [-0.4, -0.2) is 18.6 Å². The van der Waals surface area contributed by atoms with Crippen molar-refractivity contribution in [3.8, 4) is 11.9 Å². The molecule has 1 heterocycles. The summed E-state index contributed by atoms with van der Waals surface area (Å²) in [4.78, 5) is 4.08. The number of ether oxygens (including phenoxy) is 1. The van der Waals surface area contributed by atoms with Gasteiger partial charge in [-0.15, -0.1) is 0 Å². The first-order valence-corrected chi connectivity index (χ1v) is 4.97. The van der Waals surface area contributed by atoms with Crippen molar-refractivity contribution in [3.63, 3.8) is 0 Å². The molecule has 0 aliphatic heterocycles. The standard InChI is InChI=1S/C11H15N3O/c1-15-11-6-5-10(9-14-11)13-8-4-2-3-7-12/h5-6,9,13H,2-4,8H2,1H3. The number of rotatable bonds is 6. The average Bonchev–Trinajstić information content (AvgIpc) is 2.30. The van der Waals surface area contributed by atoms with Gasteiger partial charge in [0, 0.05) is 19.0 Å². The van der Waals surface area contributed by atoms with Gasteiger partial charge in [-0.05, 0) is 18.9 Å². The second-order valence-electron chi connectivity index (χ2n) is 3.13. The maximum absolute atomic E-state index is 8.35. The lowest BCUT2D eigenvalue weighted by Gasteiger charge is -2.05. The van der Waals surface area contributed by atoms with Gasteiger partial charge in [0.05, 0.1) is 25.1 Å². The number of nitriles is 1. The van der Waals surface area contributed by atoms with E-state index in [-0.39, 0.29) is 0 Å². The molecular formula is C11H15N3O. The van der Waals surface area contributed by atoms with E-state index in [1.807, 2.05) is 12.1 Å². The Morgan fingerprint density at radius 1 is 1.47 bits per heavy atom. The Morgan fingerprint density at radius 3 is 2.93 bits per heavy atom. The lowest BCUT2D eigenvalue weighted by atomic mass is 10.2. The Labute approximate surface area is 89.9 Å². The highest BCUT2D eigenvalue weighted by molar-refractivity contribution is 5.41. The minimum absolute atomic E-state index is 0.616. The van der Waals surface area contributed by atoms with Gasteiger partial charge in [-0.1, -0.05) is 0 Å². The number of nitrogens with zero attached hydrogens (tertiary/aromatic N) is 2. The van der Waals surface area contributed by atoms with Crippen LogP contribution < -0.4 is 10.1 Å². The van der Waals surface area contributed by atoms with Crippen LogP contribution >= 0.6 is 0 Å². The van der Waals surface area contributed by atoms with Crippen LogP contribution in [0, 0.1) is 11.3 Å². The summed E-state index contributed by atoms with van der Waals surface area (Å²) in [5, 5.41) is 11.6. The van der Waals surface area contributed by atoms with Crippen LogP contribution in [-0.2, 0) is 0 Å². The van der Waals surface area contributed by atoms with Gasteiger partial charge in [-0.3, -0.25) is 0 Å². The fraction of sp³-hybridized carbons (Fsp3) is 0.455. The first-order valence-electron chi connectivity index (χ1n) is 4.97. The molecule has 0 spiro atoms. The van der Waals surface area contributed by atoms with Crippen LogP contribution in [0.1, 0.15) is 19.3 Å². The van der Waals surface area contributed by atoms with Crippen LogP contribution in [0.5, 0.6) is 5.88 Å². The van der Waals surface area contributed by atoms with E-state index in [0.29, 0.717) is 12.3 Å². The number of nitrogens with one attached hydrogen (secondary N) is 1. The van der Waals surface area contributed by atoms with Crippen molar-refractivity contribution in [2.75, 3.05) is 19.0 Å². The van der Waals surface area contributed by atoms with Crippen LogP contribution in [0.2, 0.25) is 0 Å². The Bertz CT molecular complexity index is 316. The summed E-state index contributed by atoms with van der Waals surface area (Å²) >= 11 is 0. The summed E-state index contributed by atoms with van der Waals surface area (Å²) in [6, 6.07) is 5.87. The first kappa shape index (κ1) is 11.3. The molecular weight excluding hydrogens is 190 g/mol.